The first-order chi connectivity index (χ1) is 19.4. The molecule has 0 saturated carbocycles. The Morgan fingerprint density at radius 1 is 0.650 bits per heavy atom. The van der Waals surface area contributed by atoms with Crippen molar-refractivity contribution < 1.29 is 27.8 Å². The van der Waals surface area contributed by atoms with Crippen LogP contribution in [0.1, 0.15) is 48.5 Å². The van der Waals surface area contributed by atoms with Gasteiger partial charge in [0.2, 0.25) is 0 Å². The molecule has 0 aliphatic carbocycles. The number of nitriles is 1. The smallest absolute Gasteiger partial charge is 0.406 e. The van der Waals surface area contributed by atoms with Crippen molar-refractivity contribution in [3.05, 3.63) is 114 Å². The first-order valence-electron chi connectivity index (χ1n) is 13.2. The van der Waals surface area contributed by atoms with E-state index in [0.29, 0.717) is 12.2 Å². The molecule has 206 valence electrons. The minimum absolute atomic E-state index is 0.194. The lowest BCUT2D eigenvalue weighted by Crippen LogP contribution is -2.16. The Kier molecular flexibility index (Phi) is 9.96. The van der Waals surface area contributed by atoms with Crippen LogP contribution in [0, 0.1) is 11.3 Å². The Labute approximate surface area is 232 Å². The Balaban J connectivity index is 1.52. The van der Waals surface area contributed by atoms with Crippen molar-refractivity contribution in [2.45, 2.75) is 38.1 Å². The molecule has 0 radical (unpaired) electrons. The lowest BCUT2D eigenvalue weighted by Gasteiger charge is -2.20. The molecule has 4 nitrogen and oxygen atoms in total. The van der Waals surface area contributed by atoms with Crippen LogP contribution in [0.3, 0.4) is 0 Å². The van der Waals surface area contributed by atoms with Crippen LogP contribution in [0.2, 0.25) is 0 Å². The van der Waals surface area contributed by atoms with Crippen LogP contribution in [0.4, 0.5) is 13.2 Å². The van der Waals surface area contributed by atoms with Crippen molar-refractivity contribution in [2.75, 3.05) is 13.2 Å². The molecule has 0 aliphatic rings. The van der Waals surface area contributed by atoms with Gasteiger partial charge in [0.1, 0.15) is 11.9 Å². The van der Waals surface area contributed by atoms with Gasteiger partial charge in [0.15, 0.2) is 0 Å². The topological polar surface area (TPSA) is 62.5 Å². The lowest BCUT2D eigenvalue weighted by molar-refractivity contribution is -0.274. The molecule has 0 aliphatic heterocycles. The summed E-state index contributed by atoms with van der Waals surface area (Å²) in [5.41, 5.74) is 6.25. The van der Waals surface area contributed by atoms with Crippen LogP contribution in [0.25, 0.3) is 22.3 Å². The first-order valence-corrected chi connectivity index (χ1v) is 13.2. The summed E-state index contributed by atoms with van der Waals surface area (Å²) >= 11 is 0. The van der Waals surface area contributed by atoms with Gasteiger partial charge >= 0.3 is 6.36 Å². The molecular formula is C33H30F3NO3. The monoisotopic (exact) mass is 545 g/mol. The molecule has 4 aromatic rings. The largest absolute Gasteiger partial charge is 0.573 e. The molecule has 0 spiro atoms. The zero-order chi connectivity index (χ0) is 28.4. The summed E-state index contributed by atoms with van der Waals surface area (Å²) in [6.45, 7) is 0.759. The van der Waals surface area contributed by atoms with Gasteiger partial charge in [0.25, 0.3) is 0 Å². The highest BCUT2D eigenvalue weighted by molar-refractivity contribution is 5.66. The maximum atomic E-state index is 12.5. The fourth-order valence-corrected chi connectivity index (χ4v) is 4.44. The Hall–Kier alpha value is -4.12. The molecule has 4 rings (SSSR count). The highest BCUT2D eigenvalue weighted by atomic mass is 19.4. The molecule has 1 N–H and O–H groups in total. The van der Waals surface area contributed by atoms with Crippen LogP contribution >= 0.6 is 0 Å². The van der Waals surface area contributed by atoms with E-state index in [-0.39, 0.29) is 18.5 Å². The van der Waals surface area contributed by atoms with Crippen molar-refractivity contribution in [3.63, 3.8) is 0 Å². The Morgan fingerprint density at radius 3 is 1.55 bits per heavy atom. The fraction of sp³-hybridized carbons (Fsp3) is 0.242. The van der Waals surface area contributed by atoms with Gasteiger partial charge < -0.3 is 14.6 Å². The molecule has 40 heavy (non-hydrogen) atoms. The van der Waals surface area contributed by atoms with Crippen molar-refractivity contribution in [1.29, 1.82) is 5.26 Å². The molecule has 1 unspecified atom stereocenters. The van der Waals surface area contributed by atoms with Gasteiger partial charge in [0.05, 0.1) is 11.6 Å². The number of unbranched alkanes of at least 4 members (excludes halogenated alkanes) is 3. The maximum Gasteiger partial charge on any atom is 0.573 e. The number of aliphatic hydroxyl groups excluding tert-OH is 1. The van der Waals surface area contributed by atoms with E-state index in [1.54, 1.807) is 24.3 Å². The molecule has 0 fully saturated rings. The molecule has 0 heterocycles. The highest BCUT2D eigenvalue weighted by Crippen LogP contribution is 2.32. The number of alkyl halides is 3. The molecular weight excluding hydrogens is 515 g/mol. The van der Waals surface area contributed by atoms with E-state index < -0.39 is 6.36 Å². The number of hydrogen-bond acceptors (Lipinski definition) is 4. The average Bonchev–Trinajstić information content (AvgIpc) is 2.97. The van der Waals surface area contributed by atoms with E-state index in [0.717, 1.165) is 59.1 Å². The van der Waals surface area contributed by atoms with Crippen LogP contribution in [0.5, 0.6) is 5.75 Å². The number of nitrogens with zero attached hydrogens (tertiary/aromatic N) is 1. The second-order valence-corrected chi connectivity index (χ2v) is 9.39. The van der Waals surface area contributed by atoms with E-state index in [1.165, 1.54) is 12.1 Å². The SMILES string of the molecule is N#Cc1ccc(-c2ccc(C(OCCCCCCO)c3ccc(-c4ccc(OC(F)(F)F)cc4)cc3)cc2)cc1. The van der Waals surface area contributed by atoms with Crippen molar-refractivity contribution >= 4 is 0 Å². The molecule has 0 saturated heterocycles. The summed E-state index contributed by atoms with van der Waals surface area (Å²) < 4.78 is 47.7. The zero-order valence-corrected chi connectivity index (χ0v) is 21.9. The van der Waals surface area contributed by atoms with Crippen molar-refractivity contribution in [3.8, 4) is 34.1 Å². The first kappa shape index (κ1) is 28.9. The zero-order valence-electron chi connectivity index (χ0n) is 21.9. The maximum absolute atomic E-state index is 12.5. The highest BCUT2D eigenvalue weighted by Gasteiger charge is 2.31. The molecule has 4 aromatic carbocycles. The number of hydrogen-bond donors (Lipinski definition) is 1. The number of rotatable bonds is 12. The normalized spacial score (nSPS) is 12.1. The van der Waals surface area contributed by atoms with E-state index in [1.807, 2.05) is 60.7 Å². The summed E-state index contributed by atoms with van der Waals surface area (Å²) in [5.74, 6) is -0.259. The van der Waals surface area contributed by atoms with Gasteiger partial charge in [-0.05, 0) is 70.5 Å². The molecule has 7 heteroatoms. The van der Waals surface area contributed by atoms with Gasteiger partial charge in [-0.3, -0.25) is 0 Å². The van der Waals surface area contributed by atoms with Gasteiger partial charge in [-0.1, -0.05) is 85.6 Å². The van der Waals surface area contributed by atoms with Gasteiger partial charge in [-0.25, -0.2) is 0 Å². The summed E-state index contributed by atoms with van der Waals surface area (Å²) in [4.78, 5) is 0. The molecule has 0 bridgehead atoms. The van der Waals surface area contributed by atoms with Crippen LogP contribution < -0.4 is 4.74 Å². The summed E-state index contributed by atoms with van der Waals surface area (Å²) in [6.07, 6.45) is -1.44. The van der Waals surface area contributed by atoms with Gasteiger partial charge in [0, 0.05) is 13.2 Å². The lowest BCUT2D eigenvalue weighted by atomic mass is 9.96. The van der Waals surface area contributed by atoms with Crippen LogP contribution in [0.15, 0.2) is 97.1 Å². The number of benzene rings is 4. The minimum atomic E-state index is -4.72. The summed E-state index contributed by atoms with van der Waals surface area (Å²) in [7, 11) is 0. The predicted molar refractivity (Wildman–Crippen MR) is 149 cm³/mol. The van der Waals surface area contributed by atoms with Crippen molar-refractivity contribution in [2.24, 2.45) is 0 Å². The molecule has 0 aromatic heterocycles. The van der Waals surface area contributed by atoms with E-state index in [4.69, 9.17) is 15.1 Å². The fourth-order valence-electron chi connectivity index (χ4n) is 4.44. The van der Waals surface area contributed by atoms with Crippen LogP contribution in [-0.4, -0.2) is 24.7 Å². The third-order valence-corrected chi connectivity index (χ3v) is 6.53. The predicted octanol–water partition coefficient (Wildman–Crippen LogP) is 8.45. The summed E-state index contributed by atoms with van der Waals surface area (Å²) in [6, 6.07) is 31.3. The van der Waals surface area contributed by atoms with E-state index in [2.05, 4.69) is 10.8 Å². The third-order valence-electron chi connectivity index (χ3n) is 6.53. The number of ether oxygens (including phenoxy) is 2. The molecule has 0 amide bonds. The van der Waals surface area contributed by atoms with Crippen LogP contribution in [-0.2, 0) is 4.74 Å². The Bertz CT molecular complexity index is 1380. The quantitative estimate of drug-likeness (QED) is 0.182. The second-order valence-electron chi connectivity index (χ2n) is 9.39. The molecule has 1 atom stereocenters. The van der Waals surface area contributed by atoms with Gasteiger partial charge in [-0.15, -0.1) is 13.2 Å². The Morgan fingerprint density at radius 2 is 1.10 bits per heavy atom. The van der Waals surface area contributed by atoms with Crippen molar-refractivity contribution in [1.82, 2.24) is 0 Å². The third kappa shape index (κ3) is 8.19. The number of aliphatic hydroxyl groups is 1. The van der Waals surface area contributed by atoms with E-state index in [9.17, 15) is 13.2 Å². The number of halogens is 3. The standard InChI is InChI=1S/C33H30F3NO3/c34-33(35,36)40-31-19-17-28(18-20-31)27-11-15-30(16-12-27)32(39-22-4-2-1-3-21-38)29-13-9-26(10-14-29)25-7-5-24(23-37)6-8-25/h5-20,32,38H,1-4,21-22H2. The summed E-state index contributed by atoms with van der Waals surface area (Å²) in [5, 5.41) is 18.1. The second kappa shape index (κ2) is 13.8. The minimum Gasteiger partial charge on any atom is -0.406 e. The average molecular weight is 546 g/mol. The van der Waals surface area contributed by atoms with Gasteiger partial charge in [-0.2, -0.15) is 5.26 Å². The van der Waals surface area contributed by atoms with E-state index >= 15 is 0 Å².